The molecule has 0 radical (unpaired) electrons. The lowest BCUT2D eigenvalue weighted by Gasteiger charge is -2.29. The molecule has 0 unspecified atom stereocenters. The molecule has 0 bridgehead atoms. The van der Waals surface area contributed by atoms with Gasteiger partial charge in [-0.3, -0.25) is 0 Å². The summed E-state index contributed by atoms with van der Waals surface area (Å²) in [6, 6.07) is 3.25. The van der Waals surface area contributed by atoms with Crippen LogP contribution in [0.1, 0.15) is 24.4 Å². The van der Waals surface area contributed by atoms with Gasteiger partial charge in [0.05, 0.1) is 5.02 Å². The molecule has 1 saturated heterocycles. The Labute approximate surface area is 126 Å². The average Bonchev–Trinajstić information content (AvgIpc) is 2.35. The van der Waals surface area contributed by atoms with Crippen molar-refractivity contribution in [1.82, 2.24) is 0 Å². The van der Waals surface area contributed by atoms with Crippen LogP contribution >= 0.6 is 39.9 Å². The molecule has 0 aromatic heterocycles. The lowest BCUT2D eigenvalue weighted by atomic mass is 9.87. The monoisotopic (exact) mass is 355 g/mol. The van der Waals surface area contributed by atoms with E-state index in [1.165, 1.54) is 0 Å². The van der Waals surface area contributed by atoms with E-state index in [9.17, 15) is 5.11 Å². The van der Waals surface area contributed by atoms with Gasteiger partial charge in [0, 0.05) is 29.3 Å². The predicted octanol–water partition coefficient (Wildman–Crippen LogP) is 3.66. The molecular weight excluding hydrogens is 341 g/mol. The molecule has 0 saturated carbocycles. The molecule has 0 aliphatic carbocycles. The zero-order valence-electron chi connectivity index (χ0n) is 9.73. The molecule has 1 aromatic rings. The van der Waals surface area contributed by atoms with Crippen molar-refractivity contribution >= 4 is 39.9 Å². The summed E-state index contributed by atoms with van der Waals surface area (Å²) in [6.45, 7) is 1.47. The molecule has 3 nitrogen and oxygen atoms in total. The second-order valence-corrected chi connectivity index (χ2v) is 5.53. The van der Waals surface area contributed by atoms with E-state index in [1.54, 1.807) is 6.07 Å². The molecule has 18 heavy (non-hydrogen) atoms. The molecule has 3 N–H and O–H groups in total. The molecule has 102 valence electrons. The third-order valence-electron chi connectivity index (χ3n) is 3.22. The van der Waals surface area contributed by atoms with Crippen LogP contribution in [0.15, 0.2) is 16.6 Å². The van der Waals surface area contributed by atoms with Crippen molar-refractivity contribution in [3.8, 4) is 5.75 Å². The van der Waals surface area contributed by atoms with Crippen molar-refractivity contribution in [1.29, 1.82) is 0 Å². The number of halogens is 3. The summed E-state index contributed by atoms with van der Waals surface area (Å²) in [4.78, 5) is 0. The molecule has 0 amide bonds. The Balaban J connectivity index is 0.00000162. The van der Waals surface area contributed by atoms with Gasteiger partial charge in [0.25, 0.3) is 0 Å². The van der Waals surface area contributed by atoms with E-state index in [1.807, 2.05) is 6.07 Å². The number of aromatic hydroxyl groups is 1. The zero-order chi connectivity index (χ0) is 12.4. The van der Waals surface area contributed by atoms with Gasteiger partial charge in [0.15, 0.2) is 0 Å². The summed E-state index contributed by atoms with van der Waals surface area (Å²) >= 11 is 9.34. The highest BCUT2D eigenvalue weighted by Gasteiger charge is 2.26. The van der Waals surface area contributed by atoms with Gasteiger partial charge in [-0.1, -0.05) is 27.5 Å². The van der Waals surface area contributed by atoms with Gasteiger partial charge < -0.3 is 15.6 Å². The molecule has 6 heteroatoms. The van der Waals surface area contributed by atoms with Crippen LogP contribution in [0.2, 0.25) is 5.02 Å². The molecule has 1 aliphatic heterocycles. The van der Waals surface area contributed by atoms with E-state index >= 15 is 0 Å². The van der Waals surface area contributed by atoms with Crippen molar-refractivity contribution in [2.45, 2.75) is 18.9 Å². The molecule has 1 fully saturated rings. The van der Waals surface area contributed by atoms with Crippen LogP contribution in [-0.2, 0) is 4.74 Å². The van der Waals surface area contributed by atoms with Crippen molar-refractivity contribution in [2.75, 3.05) is 13.2 Å². The lowest BCUT2D eigenvalue weighted by Crippen LogP contribution is -2.27. The van der Waals surface area contributed by atoms with Crippen molar-refractivity contribution in [2.24, 2.45) is 11.7 Å². The second kappa shape index (κ2) is 6.96. The highest BCUT2D eigenvalue weighted by molar-refractivity contribution is 9.10. The van der Waals surface area contributed by atoms with E-state index in [0.29, 0.717) is 16.5 Å². The molecule has 1 atom stereocenters. The van der Waals surface area contributed by atoms with Gasteiger partial charge in [-0.05, 0) is 30.9 Å². The van der Waals surface area contributed by atoms with E-state index in [0.717, 1.165) is 30.5 Å². The Morgan fingerprint density at radius 3 is 2.61 bits per heavy atom. The SMILES string of the molecule is Cl.N[C@H](c1c(Br)ccc(Cl)c1O)C1CCOCC1. The zero-order valence-corrected chi connectivity index (χ0v) is 12.9. The third kappa shape index (κ3) is 3.31. The number of phenolic OH excluding ortho intramolecular Hbond substituents is 1. The Hall–Kier alpha value is -0.0000000000000000763. The van der Waals surface area contributed by atoms with Crippen LogP contribution in [0.4, 0.5) is 0 Å². The number of hydrogen-bond acceptors (Lipinski definition) is 3. The number of phenols is 1. The number of nitrogens with two attached hydrogens (primary N) is 1. The minimum atomic E-state index is -0.216. The maximum Gasteiger partial charge on any atom is 0.140 e. The fraction of sp³-hybridized carbons (Fsp3) is 0.500. The number of benzene rings is 1. The summed E-state index contributed by atoms with van der Waals surface area (Å²) < 4.78 is 6.12. The van der Waals surface area contributed by atoms with E-state index in [-0.39, 0.29) is 24.2 Å². The molecule has 1 aliphatic rings. The number of rotatable bonds is 2. The minimum absolute atomic E-state index is 0. The molecule has 1 heterocycles. The van der Waals surface area contributed by atoms with Crippen LogP contribution < -0.4 is 5.73 Å². The van der Waals surface area contributed by atoms with Gasteiger partial charge in [-0.2, -0.15) is 0 Å². The Morgan fingerprint density at radius 1 is 1.39 bits per heavy atom. The highest BCUT2D eigenvalue weighted by Crippen LogP contribution is 2.40. The standard InChI is InChI=1S/C12H15BrClNO2.ClH/c13-8-1-2-9(14)12(16)10(8)11(15)7-3-5-17-6-4-7;/h1-2,7,11,16H,3-6,15H2;1H/t11-;/m0./s1. The van der Waals surface area contributed by atoms with Crippen molar-refractivity contribution < 1.29 is 9.84 Å². The maximum atomic E-state index is 10.0. The first-order valence-corrected chi connectivity index (χ1v) is 6.78. The average molecular weight is 357 g/mol. The summed E-state index contributed by atoms with van der Waals surface area (Å²) in [6.07, 6.45) is 1.83. The van der Waals surface area contributed by atoms with E-state index < -0.39 is 0 Å². The van der Waals surface area contributed by atoms with Gasteiger partial charge in [0.2, 0.25) is 0 Å². The van der Waals surface area contributed by atoms with Gasteiger partial charge in [-0.15, -0.1) is 12.4 Å². The molecule has 0 spiro atoms. The van der Waals surface area contributed by atoms with Crippen molar-refractivity contribution in [3.63, 3.8) is 0 Å². The van der Waals surface area contributed by atoms with Crippen molar-refractivity contribution in [3.05, 3.63) is 27.2 Å². The molecular formula is C12H16BrCl2NO2. The van der Waals surface area contributed by atoms with Crippen LogP contribution in [0.25, 0.3) is 0 Å². The smallest absolute Gasteiger partial charge is 0.140 e. The minimum Gasteiger partial charge on any atom is -0.506 e. The predicted molar refractivity (Wildman–Crippen MR) is 78.5 cm³/mol. The van der Waals surface area contributed by atoms with Crippen LogP contribution in [-0.4, -0.2) is 18.3 Å². The normalized spacial score (nSPS) is 18.2. The lowest BCUT2D eigenvalue weighted by molar-refractivity contribution is 0.0580. The molecule has 1 aromatic carbocycles. The first kappa shape index (κ1) is 16.1. The molecule has 2 rings (SSSR count). The Kier molecular flexibility index (Phi) is 6.21. The Morgan fingerprint density at radius 2 is 2.00 bits per heavy atom. The summed E-state index contributed by atoms with van der Waals surface area (Å²) in [7, 11) is 0. The third-order valence-corrected chi connectivity index (χ3v) is 4.22. The largest absolute Gasteiger partial charge is 0.506 e. The van der Waals surface area contributed by atoms with E-state index in [4.69, 9.17) is 22.1 Å². The summed E-state index contributed by atoms with van der Waals surface area (Å²) in [5, 5.41) is 10.3. The summed E-state index contributed by atoms with van der Waals surface area (Å²) in [5.41, 5.74) is 6.93. The summed E-state index contributed by atoms with van der Waals surface area (Å²) in [5.74, 6) is 0.407. The second-order valence-electron chi connectivity index (χ2n) is 4.27. The topological polar surface area (TPSA) is 55.5 Å². The van der Waals surface area contributed by atoms with Gasteiger partial charge >= 0.3 is 0 Å². The first-order chi connectivity index (χ1) is 8.11. The first-order valence-electron chi connectivity index (χ1n) is 5.61. The quantitative estimate of drug-likeness (QED) is 0.850. The fourth-order valence-corrected chi connectivity index (χ4v) is 2.93. The van der Waals surface area contributed by atoms with Crippen LogP contribution in [0, 0.1) is 5.92 Å². The number of ether oxygens (including phenoxy) is 1. The number of hydrogen-bond donors (Lipinski definition) is 2. The van der Waals surface area contributed by atoms with Crippen LogP contribution in [0.3, 0.4) is 0 Å². The highest BCUT2D eigenvalue weighted by atomic mass is 79.9. The maximum absolute atomic E-state index is 10.0. The Bertz CT molecular complexity index is 411. The fourth-order valence-electron chi connectivity index (χ4n) is 2.18. The van der Waals surface area contributed by atoms with E-state index in [2.05, 4.69) is 15.9 Å². The van der Waals surface area contributed by atoms with Gasteiger partial charge in [0.1, 0.15) is 5.75 Å². The van der Waals surface area contributed by atoms with Gasteiger partial charge in [-0.25, -0.2) is 0 Å². The van der Waals surface area contributed by atoms with Crippen LogP contribution in [0.5, 0.6) is 5.75 Å².